The Morgan fingerprint density at radius 1 is 1.36 bits per heavy atom. The molecule has 0 aliphatic heterocycles. The Balaban J connectivity index is 2.38. The quantitative estimate of drug-likeness (QED) is 0.713. The molecule has 0 spiro atoms. The second kappa shape index (κ2) is 4.98. The van der Waals surface area contributed by atoms with Crippen molar-refractivity contribution in [2.75, 3.05) is 6.54 Å². The number of carbonyl (C=O) groups is 2. The van der Waals surface area contributed by atoms with Gasteiger partial charge in [0.25, 0.3) is 0 Å². The van der Waals surface area contributed by atoms with Gasteiger partial charge in [-0.15, -0.1) is 0 Å². The smallest absolute Gasteiger partial charge is 0.322 e. The summed E-state index contributed by atoms with van der Waals surface area (Å²) in [4.78, 5) is 21.8. The molecule has 0 bridgehead atoms. The normalized spacial score (nSPS) is 26.9. The number of carboxylic acid groups (broad SMARTS) is 1. The van der Waals surface area contributed by atoms with Crippen molar-refractivity contribution in [1.82, 2.24) is 5.32 Å². The van der Waals surface area contributed by atoms with Crippen LogP contribution in [0.15, 0.2) is 0 Å². The summed E-state index contributed by atoms with van der Waals surface area (Å²) in [6.07, 6.45) is 4.23. The van der Waals surface area contributed by atoms with Crippen molar-refractivity contribution in [3.05, 3.63) is 0 Å². The lowest BCUT2D eigenvalue weighted by Crippen LogP contribution is -2.38. The van der Waals surface area contributed by atoms with E-state index in [1.54, 1.807) is 0 Å². The Bertz CT molecular complexity index is 227. The van der Waals surface area contributed by atoms with Crippen molar-refractivity contribution in [1.29, 1.82) is 0 Å². The SMILES string of the molecule is C[C@@H]1CCCC[C@@H]1C(=O)NCC(=O)O. The zero-order valence-electron chi connectivity index (χ0n) is 8.45. The van der Waals surface area contributed by atoms with Crippen molar-refractivity contribution in [3.63, 3.8) is 0 Å². The summed E-state index contributed by atoms with van der Waals surface area (Å²) in [6, 6.07) is 0. The van der Waals surface area contributed by atoms with Crippen molar-refractivity contribution < 1.29 is 14.7 Å². The highest BCUT2D eigenvalue weighted by molar-refractivity contribution is 5.83. The summed E-state index contributed by atoms with van der Waals surface area (Å²) in [5.41, 5.74) is 0. The lowest BCUT2D eigenvalue weighted by molar-refractivity contribution is -0.139. The molecule has 0 saturated heterocycles. The van der Waals surface area contributed by atoms with Crippen molar-refractivity contribution in [2.45, 2.75) is 32.6 Å². The van der Waals surface area contributed by atoms with E-state index in [-0.39, 0.29) is 18.4 Å². The first-order valence-electron chi connectivity index (χ1n) is 5.10. The van der Waals surface area contributed by atoms with Crippen LogP contribution in [0, 0.1) is 11.8 Å². The van der Waals surface area contributed by atoms with Crippen LogP contribution in [0.3, 0.4) is 0 Å². The topological polar surface area (TPSA) is 66.4 Å². The van der Waals surface area contributed by atoms with Crippen molar-refractivity contribution in [3.8, 4) is 0 Å². The summed E-state index contributed by atoms with van der Waals surface area (Å²) in [5.74, 6) is -0.679. The van der Waals surface area contributed by atoms with Gasteiger partial charge in [-0.25, -0.2) is 0 Å². The third kappa shape index (κ3) is 3.01. The monoisotopic (exact) mass is 199 g/mol. The van der Waals surface area contributed by atoms with E-state index in [0.717, 1.165) is 19.3 Å². The van der Waals surface area contributed by atoms with E-state index in [1.165, 1.54) is 6.42 Å². The van der Waals surface area contributed by atoms with Gasteiger partial charge in [-0.2, -0.15) is 0 Å². The fraction of sp³-hybridized carbons (Fsp3) is 0.800. The molecule has 0 heterocycles. The highest BCUT2D eigenvalue weighted by Gasteiger charge is 2.27. The van der Waals surface area contributed by atoms with E-state index in [1.807, 2.05) is 0 Å². The van der Waals surface area contributed by atoms with Crippen molar-refractivity contribution >= 4 is 11.9 Å². The number of hydrogen-bond donors (Lipinski definition) is 2. The predicted octanol–water partition coefficient (Wildman–Crippen LogP) is 1.01. The van der Waals surface area contributed by atoms with Crippen molar-refractivity contribution in [2.24, 2.45) is 11.8 Å². The lowest BCUT2D eigenvalue weighted by Gasteiger charge is -2.27. The van der Waals surface area contributed by atoms with Gasteiger partial charge in [0, 0.05) is 5.92 Å². The van der Waals surface area contributed by atoms with E-state index in [9.17, 15) is 9.59 Å². The zero-order valence-corrected chi connectivity index (χ0v) is 8.45. The Morgan fingerprint density at radius 3 is 2.57 bits per heavy atom. The predicted molar refractivity (Wildman–Crippen MR) is 51.8 cm³/mol. The molecule has 1 saturated carbocycles. The molecule has 1 aliphatic rings. The van der Waals surface area contributed by atoms with Gasteiger partial charge in [-0.3, -0.25) is 9.59 Å². The van der Waals surface area contributed by atoms with Crippen LogP contribution in [0.2, 0.25) is 0 Å². The lowest BCUT2D eigenvalue weighted by atomic mass is 9.80. The molecule has 0 radical (unpaired) electrons. The molecule has 1 aliphatic carbocycles. The van der Waals surface area contributed by atoms with E-state index in [4.69, 9.17) is 5.11 Å². The fourth-order valence-corrected chi connectivity index (χ4v) is 2.00. The van der Waals surface area contributed by atoms with Gasteiger partial charge in [0.1, 0.15) is 6.54 Å². The summed E-state index contributed by atoms with van der Waals surface area (Å²) in [7, 11) is 0. The van der Waals surface area contributed by atoms with Gasteiger partial charge < -0.3 is 10.4 Å². The molecule has 0 aromatic carbocycles. The summed E-state index contributed by atoms with van der Waals surface area (Å²) < 4.78 is 0. The first-order chi connectivity index (χ1) is 6.61. The van der Waals surface area contributed by atoms with Gasteiger partial charge >= 0.3 is 5.97 Å². The van der Waals surface area contributed by atoms with Crippen LogP contribution in [0.4, 0.5) is 0 Å². The minimum Gasteiger partial charge on any atom is -0.480 e. The molecule has 2 atom stereocenters. The van der Waals surface area contributed by atoms with Gasteiger partial charge in [0.2, 0.25) is 5.91 Å². The maximum absolute atomic E-state index is 11.5. The van der Waals surface area contributed by atoms with Gasteiger partial charge in [-0.05, 0) is 18.8 Å². The maximum Gasteiger partial charge on any atom is 0.322 e. The standard InChI is InChI=1S/C10H17NO3/c1-7-4-2-3-5-8(7)10(14)11-6-9(12)13/h7-8H,2-6H2,1H3,(H,11,14)(H,12,13)/t7-,8+/m1/s1. The average Bonchev–Trinajstić information content (AvgIpc) is 2.15. The number of hydrogen-bond acceptors (Lipinski definition) is 2. The molecule has 0 unspecified atom stereocenters. The average molecular weight is 199 g/mol. The fourth-order valence-electron chi connectivity index (χ4n) is 2.00. The maximum atomic E-state index is 11.5. The molecule has 4 heteroatoms. The molecule has 0 aromatic heterocycles. The molecule has 4 nitrogen and oxygen atoms in total. The van der Waals surface area contributed by atoms with Crippen LogP contribution in [-0.2, 0) is 9.59 Å². The third-order valence-corrected chi connectivity index (χ3v) is 2.86. The van der Waals surface area contributed by atoms with E-state index >= 15 is 0 Å². The van der Waals surface area contributed by atoms with Crippen LogP contribution < -0.4 is 5.32 Å². The van der Waals surface area contributed by atoms with Crippen LogP contribution in [-0.4, -0.2) is 23.5 Å². The first-order valence-corrected chi connectivity index (χ1v) is 5.10. The molecule has 1 amide bonds. The Labute approximate surface area is 83.7 Å². The van der Waals surface area contributed by atoms with Gasteiger partial charge in [0.05, 0.1) is 0 Å². The summed E-state index contributed by atoms with van der Waals surface area (Å²) >= 11 is 0. The largest absolute Gasteiger partial charge is 0.480 e. The van der Waals surface area contributed by atoms with Crippen LogP contribution >= 0.6 is 0 Å². The molecule has 14 heavy (non-hydrogen) atoms. The van der Waals surface area contributed by atoms with Crippen LogP contribution in [0.5, 0.6) is 0 Å². The second-order valence-corrected chi connectivity index (χ2v) is 3.98. The van der Waals surface area contributed by atoms with E-state index in [0.29, 0.717) is 5.92 Å². The number of amides is 1. The molecule has 1 rings (SSSR count). The van der Waals surface area contributed by atoms with E-state index < -0.39 is 5.97 Å². The van der Waals surface area contributed by atoms with Gasteiger partial charge in [-0.1, -0.05) is 19.8 Å². The third-order valence-electron chi connectivity index (χ3n) is 2.86. The highest BCUT2D eigenvalue weighted by atomic mass is 16.4. The first kappa shape index (κ1) is 11.0. The molecule has 80 valence electrons. The van der Waals surface area contributed by atoms with Crippen LogP contribution in [0.1, 0.15) is 32.6 Å². The number of aliphatic carboxylic acids is 1. The second-order valence-electron chi connectivity index (χ2n) is 3.98. The Kier molecular flexibility index (Phi) is 3.92. The number of nitrogens with one attached hydrogen (secondary N) is 1. The molecular formula is C10H17NO3. The molecule has 0 aromatic rings. The zero-order chi connectivity index (χ0) is 10.6. The molecular weight excluding hydrogens is 182 g/mol. The Hall–Kier alpha value is -1.06. The van der Waals surface area contributed by atoms with Crippen LogP contribution in [0.25, 0.3) is 0 Å². The van der Waals surface area contributed by atoms with Gasteiger partial charge in [0.15, 0.2) is 0 Å². The Morgan fingerprint density at radius 2 is 2.00 bits per heavy atom. The number of carbonyl (C=O) groups excluding carboxylic acids is 1. The number of rotatable bonds is 3. The number of carboxylic acids is 1. The molecule has 2 N–H and O–H groups in total. The minimum absolute atomic E-state index is 0.0168. The summed E-state index contributed by atoms with van der Waals surface area (Å²) in [6.45, 7) is 1.80. The minimum atomic E-state index is -0.984. The molecule has 1 fully saturated rings. The van der Waals surface area contributed by atoms with E-state index in [2.05, 4.69) is 12.2 Å². The summed E-state index contributed by atoms with van der Waals surface area (Å²) in [5, 5.41) is 10.9. The highest BCUT2D eigenvalue weighted by Crippen LogP contribution is 2.29.